The molecule has 1 aromatic carbocycles. The lowest BCUT2D eigenvalue weighted by atomic mass is 10.2. The molecule has 0 radical (unpaired) electrons. The van der Waals surface area contributed by atoms with Gasteiger partial charge in [-0.3, -0.25) is 5.43 Å². The molecule has 0 aliphatic carbocycles. The van der Waals surface area contributed by atoms with Crippen LogP contribution < -0.4 is 11.2 Å². The Balaban J connectivity index is 2.28. The minimum atomic E-state index is -3.68. The van der Waals surface area contributed by atoms with Gasteiger partial charge in [-0.05, 0) is 6.07 Å². The number of nitrogens with zero attached hydrogens (tertiary/aromatic N) is 2. The van der Waals surface area contributed by atoms with Gasteiger partial charge in [-0.25, -0.2) is 17.8 Å². The molecule has 0 unspecified atom stereocenters. The molecule has 20 heavy (non-hydrogen) atoms. The first kappa shape index (κ1) is 14.4. The van der Waals surface area contributed by atoms with E-state index in [1.165, 1.54) is 29.7 Å². The van der Waals surface area contributed by atoms with Crippen molar-refractivity contribution in [2.75, 3.05) is 17.4 Å². The number of anilines is 2. The van der Waals surface area contributed by atoms with Crippen molar-refractivity contribution in [3.05, 3.63) is 35.0 Å². The first-order valence-corrected chi connectivity index (χ1v) is 8.13. The summed E-state index contributed by atoms with van der Waals surface area (Å²) in [4.78, 5) is 3.52. The summed E-state index contributed by atoms with van der Waals surface area (Å²) >= 11 is 1.24. The van der Waals surface area contributed by atoms with Crippen molar-refractivity contribution in [1.82, 2.24) is 4.98 Å². The molecule has 0 amide bonds. The number of benzene rings is 1. The van der Waals surface area contributed by atoms with E-state index in [0.29, 0.717) is 10.9 Å². The quantitative estimate of drug-likeness (QED) is 0.661. The van der Waals surface area contributed by atoms with Crippen LogP contribution in [0.5, 0.6) is 0 Å². The lowest BCUT2D eigenvalue weighted by molar-refractivity contribution is 0.570. The van der Waals surface area contributed by atoms with Gasteiger partial charge in [-0.15, -0.1) is 11.3 Å². The highest BCUT2D eigenvalue weighted by Gasteiger charge is 2.17. The summed E-state index contributed by atoms with van der Waals surface area (Å²) in [5.74, 6) is -0.453. The van der Waals surface area contributed by atoms with Gasteiger partial charge < -0.3 is 5.73 Å². The van der Waals surface area contributed by atoms with Crippen LogP contribution in [-0.2, 0) is 9.84 Å². The zero-order valence-electron chi connectivity index (χ0n) is 10.4. The molecule has 0 fully saturated rings. The molecule has 0 spiro atoms. The molecule has 0 saturated heterocycles. The number of nitrogens with two attached hydrogens (primary N) is 1. The monoisotopic (exact) mass is 314 g/mol. The van der Waals surface area contributed by atoms with Crippen LogP contribution in [0, 0.1) is 5.82 Å². The molecule has 1 heterocycles. The lowest BCUT2D eigenvalue weighted by Crippen LogP contribution is -2.05. The number of aromatic nitrogens is 1. The average molecular weight is 314 g/mol. The topological polar surface area (TPSA) is 97.4 Å². The van der Waals surface area contributed by atoms with E-state index in [1.54, 1.807) is 5.38 Å². The SMILES string of the molecule is CS(=O)(=O)c1c(F)cccc1C=NNc1nc(N)cs1. The summed E-state index contributed by atoms with van der Waals surface area (Å²) in [6.07, 6.45) is 2.16. The number of halogens is 1. The maximum Gasteiger partial charge on any atom is 0.205 e. The number of hydrogen-bond donors (Lipinski definition) is 2. The van der Waals surface area contributed by atoms with E-state index in [2.05, 4.69) is 15.5 Å². The molecule has 0 saturated carbocycles. The van der Waals surface area contributed by atoms with Crippen LogP contribution in [0.4, 0.5) is 15.3 Å². The van der Waals surface area contributed by atoms with E-state index >= 15 is 0 Å². The second-order valence-electron chi connectivity index (χ2n) is 3.88. The van der Waals surface area contributed by atoms with E-state index < -0.39 is 15.7 Å². The van der Waals surface area contributed by atoms with Gasteiger partial charge in [0.25, 0.3) is 0 Å². The zero-order chi connectivity index (χ0) is 14.8. The molecule has 1 aromatic heterocycles. The summed E-state index contributed by atoms with van der Waals surface area (Å²) in [5.41, 5.74) is 8.19. The number of nitrogen functional groups attached to an aromatic ring is 1. The highest BCUT2D eigenvalue weighted by atomic mass is 32.2. The van der Waals surface area contributed by atoms with Crippen LogP contribution in [0.1, 0.15) is 5.56 Å². The van der Waals surface area contributed by atoms with Crippen LogP contribution >= 0.6 is 11.3 Å². The summed E-state index contributed by atoms with van der Waals surface area (Å²) in [7, 11) is -3.68. The average Bonchev–Trinajstić information content (AvgIpc) is 2.73. The molecule has 3 N–H and O–H groups in total. The maximum absolute atomic E-state index is 13.6. The van der Waals surface area contributed by atoms with Crippen LogP contribution in [-0.4, -0.2) is 25.9 Å². The van der Waals surface area contributed by atoms with Crippen molar-refractivity contribution in [3.8, 4) is 0 Å². The Labute approximate surface area is 119 Å². The maximum atomic E-state index is 13.6. The molecule has 106 valence electrons. The Morgan fingerprint density at radius 1 is 1.50 bits per heavy atom. The smallest absolute Gasteiger partial charge is 0.205 e. The minimum absolute atomic E-state index is 0.157. The predicted molar refractivity (Wildman–Crippen MR) is 77.3 cm³/mol. The van der Waals surface area contributed by atoms with Gasteiger partial charge >= 0.3 is 0 Å². The van der Waals surface area contributed by atoms with Crippen molar-refractivity contribution < 1.29 is 12.8 Å². The van der Waals surface area contributed by atoms with E-state index in [4.69, 9.17) is 5.73 Å². The highest BCUT2D eigenvalue weighted by molar-refractivity contribution is 7.90. The molecular weight excluding hydrogens is 303 g/mol. The van der Waals surface area contributed by atoms with Crippen LogP contribution in [0.2, 0.25) is 0 Å². The Hall–Kier alpha value is -2.00. The van der Waals surface area contributed by atoms with Crippen LogP contribution in [0.25, 0.3) is 0 Å². The number of hydrogen-bond acceptors (Lipinski definition) is 7. The fraction of sp³-hybridized carbons (Fsp3) is 0.0909. The third kappa shape index (κ3) is 3.31. The van der Waals surface area contributed by atoms with Crippen LogP contribution in [0.15, 0.2) is 33.6 Å². The van der Waals surface area contributed by atoms with Gasteiger partial charge in [0.1, 0.15) is 16.5 Å². The molecule has 9 heteroatoms. The van der Waals surface area contributed by atoms with Crippen molar-refractivity contribution >= 4 is 38.3 Å². The Morgan fingerprint density at radius 3 is 2.85 bits per heavy atom. The normalized spacial score (nSPS) is 11.9. The summed E-state index contributed by atoms with van der Waals surface area (Å²) in [6, 6.07) is 3.95. The lowest BCUT2D eigenvalue weighted by Gasteiger charge is -2.04. The first-order valence-electron chi connectivity index (χ1n) is 5.36. The van der Waals surface area contributed by atoms with Gasteiger partial charge in [-0.1, -0.05) is 12.1 Å². The Morgan fingerprint density at radius 2 is 2.25 bits per heavy atom. The zero-order valence-corrected chi connectivity index (χ0v) is 12.0. The van der Waals surface area contributed by atoms with Crippen molar-refractivity contribution in [1.29, 1.82) is 0 Å². The van der Waals surface area contributed by atoms with Gasteiger partial charge in [0.05, 0.1) is 6.21 Å². The van der Waals surface area contributed by atoms with Gasteiger partial charge in [-0.2, -0.15) is 5.10 Å². The van der Waals surface area contributed by atoms with E-state index in [1.807, 2.05) is 0 Å². The molecule has 0 aliphatic heterocycles. The van der Waals surface area contributed by atoms with Crippen molar-refractivity contribution in [2.45, 2.75) is 4.90 Å². The number of thiazole rings is 1. The fourth-order valence-corrected chi connectivity index (χ4v) is 3.03. The summed E-state index contributed by atoms with van der Waals surface area (Å²) < 4.78 is 36.7. The summed E-state index contributed by atoms with van der Waals surface area (Å²) in [5, 5.41) is 5.91. The van der Waals surface area contributed by atoms with Gasteiger partial charge in [0.2, 0.25) is 5.13 Å². The van der Waals surface area contributed by atoms with Gasteiger partial charge in [0, 0.05) is 17.2 Å². The molecule has 0 bridgehead atoms. The van der Waals surface area contributed by atoms with Crippen LogP contribution in [0.3, 0.4) is 0 Å². The number of nitrogens with one attached hydrogen (secondary N) is 1. The molecule has 2 rings (SSSR count). The van der Waals surface area contributed by atoms with E-state index in [-0.39, 0.29) is 10.5 Å². The predicted octanol–water partition coefficient (Wildman–Crippen LogP) is 1.71. The number of rotatable bonds is 4. The number of hydrazone groups is 1. The third-order valence-electron chi connectivity index (χ3n) is 2.25. The first-order chi connectivity index (χ1) is 9.38. The van der Waals surface area contributed by atoms with E-state index in [0.717, 1.165) is 12.3 Å². The molecular formula is C11H11FN4O2S2. The van der Waals surface area contributed by atoms with Gasteiger partial charge in [0.15, 0.2) is 9.84 Å². The Bertz CT molecular complexity index is 756. The summed E-state index contributed by atoms with van der Waals surface area (Å²) in [6.45, 7) is 0. The number of sulfone groups is 1. The highest BCUT2D eigenvalue weighted by Crippen LogP contribution is 2.19. The second-order valence-corrected chi connectivity index (χ2v) is 6.69. The standard InChI is InChI=1S/C11H11FN4O2S2/c1-20(17,18)10-7(3-2-4-8(10)12)5-14-16-11-15-9(13)6-19-11/h2-6H,13H2,1H3,(H,15,16). The van der Waals surface area contributed by atoms with Crippen molar-refractivity contribution in [2.24, 2.45) is 5.10 Å². The largest absolute Gasteiger partial charge is 0.383 e. The molecule has 6 nitrogen and oxygen atoms in total. The molecule has 2 aromatic rings. The molecule has 0 aliphatic rings. The Kier molecular flexibility index (Phi) is 4.00. The van der Waals surface area contributed by atoms with E-state index in [9.17, 15) is 12.8 Å². The second kappa shape index (κ2) is 5.55. The third-order valence-corrected chi connectivity index (χ3v) is 4.19. The van der Waals surface area contributed by atoms with Crippen molar-refractivity contribution in [3.63, 3.8) is 0 Å². The minimum Gasteiger partial charge on any atom is -0.383 e. The fourth-order valence-electron chi connectivity index (χ4n) is 1.51. The molecule has 0 atom stereocenters.